The molecule has 1 aliphatic rings. The number of nitrogens with zero attached hydrogens (tertiary/aromatic N) is 3. The highest BCUT2D eigenvalue weighted by Gasteiger charge is 2.52. The quantitative estimate of drug-likeness (QED) is 0.233. The van der Waals surface area contributed by atoms with E-state index in [0.717, 1.165) is 70.3 Å². The fourth-order valence-electron chi connectivity index (χ4n) is 4.64. The minimum atomic E-state index is -1.22. The van der Waals surface area contributed by atoms with Crippen molar-refractivity contribution in [2.24, 2.45) is 0 Å². The Hall–Kier alpha value is -1.77. The third-order valence-electron chi connectivity index (χ3n) is 6.78. The number of rotatable bonds is 9. The van der Waals surface area contributed by atoms with E-state index >= 15 is 0 Å². The summed E-state index contributed by atoms with van der Waals surface area (Å²) in [5.74, 6) is 2.86. The molecular weight excluding hydrogens is 543 g/mol. The molecule has 0 radical (unpaired) electrons. The molecule has 1 saturated heterocycles. The number of aryl methyl sites for hydroxylation is 6. The zero-order valence-corrected chi connectivity index (χ0v) is 27.4. The van der Waals surface area contributed by atoms with E-state index in [1.807, 2.05) is 0 Å². The van der Waals surface area contributed by atoms with Gasteiger partial charge in [0.05, 0.1) is 0 Å². The van der Waals surface area contributed by atoms with Crippen molar-refractivity contribution in [3.8, 4) is 17.2 Å². The Labute approximate surface area is 239 Å². The van der Waals surface area contributed by atoms with Crippen LogP contribution in [0.4, 0.5) is 0 Å². The van der Waals surface area contributed by atoms with Gasteiger partial charge in [-0.15, -0.1) is 0 Å². The van der Waals surface area contributed by atoms with Crippen LogP contribution in [0.15, 0.2) is 54.6 Å². The highest BCUT2D eigenvalue weighted by atomic mass is 31.3. The van der Waals surface area contributed by atoms with Gasteiger partial charge in [-0.1, -0.05) is 75.4 Å². The maximum absolute atomic E-state index is 7.04. The summed E-state index contributed by atoms with van der Waals surface area (Å²) in [5.41, 5.74) is 6.85. The molecule has 6 nitrogen and oxygen atoms in total. The molecule has 9 heteroatoms. The van der Waals surface area contributed by atoms with E-state index < -0.39 is 25.3 Å². The monoisotopic (exact) mass is 585 g/mol. The number of para-hydroxylation sites is 3. The molecule has 0 unspecified atom stereocenters. The van der Waals surface area contributed by atoms with Crippen LogP contribution in [0, 0.1) is 41.5 Å². The van der Waals surface area contributed by atoms with Crippen LogP contribution in [-0.2, 0) is 0 Å². The molecule has 0 aromatic heterocycles. The summed E-state index contributed by atoms with van der Waals surface area (Å²) >= 11 is 0. The molecule has 1 heterocycles. The Morgan fingerprint density at radius 2 is 0.641 bits per heavy atom. The Balaban J connectivity index is 1.85. The molecule has 210 valence electrons. The topological polar surface area (TPSA) is 37.4 Å². The molecule has 1 aliphatic heterocycles. The molecule has 3 aromatic rings. The zero-order valence-electron chi connectivity index (χ0n) is 24.7. The maximum atomic E-state index is 7.04. The lowest BCUT2D eigenvalue weighted by Gasteiger charge is -2.51. The largest absolute Gasteiger partial charge is 0.443 e. The lowest BCUT2D eigenvalue weighted by atomic mass is 10.1. The van der Waals surface area contributed by atoms with Crippen LogP contribution in [0.3, 0.4) is 0 Å². The van der Waals surface area contributed by atoms with Crippen molar-refractivity contribution in [3.05, 3.63) is 88.0 Å². The maximum Gasteiger partial charge on any atom is 0.263 e. The van der Waals surface area contributed by atoms with E-state index in [1.54, 1.807) is 0 Å². The fraction of sp³-hybridized carbons (Fsp3) is 0.400. The molecule has 3 aromatic carbocycles. The molecule has 4 rings (SSSR count). The summed E-state index contributed by atoms with van der Waals surface area (Å²) < 4.78 is 28.4. The van der Waals surface area contributed by atoms with Gasteiger partial charge in [-0.2, -0.15) is 13.3 Å². The van der Waals surface area contributed by atoms with E-state index in [1.165, 1.54) is 0 Å². The predicted octanol–water partition coefficient (Wildman–Crippen LogP) is 9.73. The first kappa shape index (κ1) is 30.2. The highest BCUT2D eigenvalue weighted by molar-refractivity contribution is 7.78. The van der Waals surface area contributed by atoms with Crippen LogP contribution in [0.5, 0.6) is 17.2 Å². The molecule has 0 N–H and O–H groups in total. The van der Waals surface area contributed by atoms with Crippen LogP contribution in [0.1, 0.15) is 54.2 Å². The van der Waals surface area contributed by atoms with Crippen molar-refractivity contribution in [3.63, 3.8) is 0 Å². The summed E-state index contributed by atoms with van der Waals surface area (Å²) in [7, 11) is -3.65. The van der Waals surface area contributed by atoms with Crippen molar-refractivity contribution in [2.45, 2.75) is 62.3 Å². The second-order valence-electron chi connectivity index (χ2n) is 9.76. The number of hydrogen-bond donors (Lipinski definition) is 0. The van der Waals surface area contributed by atoms with Gasteiger partial charge in [0.1, 0.15) is 17.2 Å². The minimum absolute atomic E-state index is 0.798. The zero-order chi connectivity index (χ0) is 28.3. The molecule has 39 heavy (non-hydrogen) atoms. The highest BCUT2D eigenvalue weighted by Crippen LogP contribution is 2.76. The van der Waals surface area contributed by atoms with Gasteiger partial charge in [-0.3, -0.25) is 0 Å². The molecule has 1 fully saturated rings. The molecule has 0 saturated carbocycles. The minimum Gasteiger partial charge on any atom is -0.443 e. The van der Waals surface area contributed by atoms with E-state index in [9.17, 15) is 0 Å². The van der Waals surface area contributed by atoms with Crippen molar-refractivity contribution >= 4 is 25.3 Å². The lowest BCUT2D eigenvalue weighted by Crippen LogP contribution is -2.40. The van der Waals surface area contributed by atoms with Gasteiger partial charge in [0.15, 0.2) is 0 Å². The summed E-state index contributed by atoms with van der Waals surface area (Å²) in [6.45, 7) is 21.7. The average Bonchev–Trinajstić information content (AvgIpc) is 2.90. The second-order valence-corrected chi connectivity index (χ2v) is 15.7. The Morgan fingerprint density at radius 3 is 0.821 bits per heavy atom. The van der Waals surface area contributed by atoms with Crippen LogP contribution in [0.25, 0.3) is 0 Å². The van der Waals surface area contributed by atoms with E-state index in [2.05, 4.69) is 130 Å². The second kappa shape index (κ2) is 13.3. The van der Waals surface area contributed by atoms with Gasteiger partial charge in [-0.05, 0) is 74.9 Å². The van der Waals surface area contributed by atoms with Gasteiger partial charge < -0.3 is 13.6 Å². The third-order valence-corrected chi connectivity index (χ3v) is 14.6. The van der Waals surface area contributed by atoms with Crippen LogP contribution >= 0.6 is 25.3 Å². The van der Waals surface area contributed by atoms with E-state index in [-0.39, 0.29) is 0 Å². The molecule has 0 amide bonds. The van der Waals surface area contributed by atoms with E-state index in [0.29, 0.717) is 0 Å². The standard InChI is InChI=1S/C30H42N3O3P3/c1-10-31-37(34-28-22(4)16-13-17-23(28)5)32(11-2)39(36-30-26(8)20-15-21-27(30)9)33(12-3)38(31)35-29-24(6)18-14-19-25(29)7/h13-21H,10-12H2,1-9H3. The SMILES string of the molecule is CCN1P(Oc2c(C)cccc2C)N(CC)P(Oc2c(C)cccc2C)N(CC)P1Oc1c(C)cccc1C. The van der Waals surface area contributed by atoms with Crippen molar-refractivity contribution in [1.82, 2.24) is 13.3 Å². The third kappa shape index (κ3) is 6.28. The Bertz CT molecular complexity index is 1060. The van der Waals surface area contributed by atoms with Crippen LogP contribution in [-0.4, -0.2) is 33.0 Å². The van der Waals surface area contributed by atoms with E-state index in [4.69, 9.17) is 13.6 Å². The first-order valence-corrected chi connectivity index (χ1v) is 17.2. The normalized spacial score (nSPS) is 20.7. The van der Waals surface area contributed by atoms with Gasteiger partial charge in [0, 0.05) is 19.6 Å². The first-order chi connectivity index (χ1) is 18.7. The molecular formula is C30H42N3O3P3. The van der Waals surface area contributed by atoms with Crippen molar-refractivity contribution < 1.29 is 13.6 Å². The molecule has 0 spiro atoms. The van der Waals surface area contributed by atoms with Gasteiger partial charge in [0.2, 0.25) is 0 Å². The van der Waals surface area contributed by atoms with Gasteiger partial charge in [0.25, 0.3) is 25.3 Å². The first-order valence-electron chi connectivity index (χ1n) is 13.7. The lowest BCUT2D eigenvalue weighted by molar-refractivity contribution is 0.388. The van der Waals surface area contributed by atoms with Crippen LogP contribution in [0.2, 0.25) is 0 Å². The van der Waals surface area contributed by atoms with Crippen molar-refractivity contribution in [1.29, 1.82) is 0 Å². The van der Waals surface area contributed by atoms with Gasteiger partial charge >= 0.3 is 0 Å². The molecule has 0 bridgehead atoms. The van der Waals surface area contributed by atoms with Crippen molar-refractivity contribution in [2.75, 3.05) is 19.6 Å². The molecule has 0 aliphatic carbocycles. The van der Waals surface area contributed by atoms with Crippen LogP contribution < -0.4 is 13.6 Å². The Morgan fingerprint density at radius 1 is 0.436 bits per heavy atom. The summed E-state index contributed by atoms with van der Waals surface area (Å²) in [5, 5.41) is 0. The number of benzene rings is 3. The number of hydrogen-bond acceptors (Lipinski definition) is 6. The molecule has 0 atom stereocenters. The summed E-state index contributed by atoms with van der Waals surface area (Å²) in [4.78, 5) is 0. The average molecular weight is 586 g/mol. The summed E-state index contributed by atoms with van der Waals surface area (Å²) in [6, 6.07) is 19.0. The Kier molecular flexibility index (Phi) is 10.3. The fourth-order valence-corrected chi connectivity index (χ4v) is 13.3. The summed E-state index contributed by atoms with van der Waals surface area (Å²) in [6.07, 6.45) is 0. The van der Waals surface area contributed by atoms with Gasteiger partial charge in [-0.25, -0.2) is 0 Å². The predicted molar refractivity (Wildman–Crippen MR) is 168 cm³/mol. The smallest absolute Gasteiger partial charge is 0.263 e.